The van der Waals surface area contributed by atoms with Gasteiger partial charge in [0.15, 0.2) is 17.9 Å². The molecule has 4 aliphatic heterocycles. The molecule has 1 aromatic heterocycles. The Balaban J connectivity index is 0.790. The number of aliphatic carboxylic acids is 1. The molecule has 12 atom stereocenters. The second kappa shape index (κ2) is 37.7. The number of aliphatic hydroxyl groups excluding tert-OH is 2. The van der Waals surface area contributed by atoms with Crippen molar-refractivity contribution >= 4 is 94.4 Å². The van der Waals surface area contributed by atoms with Gasteiger partial charge in [-0.1, -0.05) is 91.7 Å². The number of β-amino-alcohol motifs (C(OH)–C–C–N with tert-alkyl or cyclic N) is 1. The molecule has 21 N–H and O–H groups in total. The summed E-state index contributed by atoms with van der Waals surface area (Å²) in [4.78, 5) is 176. The van der Waals surface area contributed by atoms with Gasteiger partial charge >= 0.3 is 12.1 Å². The predicted octanol–water partition coefficient (Wildman–Crippen LogP) is -1.44. The molecule has 10 amide bonds. The highest BCUT2D eigenvalue weighted by atomic mass is 32.1. The quantitative estimate of drug-likeness (QED) is 0.0147. The van der Waals surface area contributed by atoms with E-state index in [4.69, 9.17) is 39.1 Å². The molecule has 2 aliphatic carbocycles. The van der Waals surface area contributed by atoms with Gasteiger partial charge < -0.3 is 106 Å². The van der Waals surface area contributed by atoms with Crippen molar-refractivity contribution in [1.29, 1.82) is 0 Å². The zero-order chi connectivity index (χ0) is 78.0. The van der Waals surface area contributed by atoms with Gasteiger partial charge in [-0.2, -0.15) is 0 Å². The van der Waals surface area contributed by atoms with E-state index in [1.165, 1.54) is 26.0 Å². The molecule has 0 bridgehead atoms. The van der Waals surface area contributed by atoms with Crippen LogP contribution in [0.3, 0.4) is 0 Å². The van der Waals surface area contributed by atoms with Gasteiger partial charge in [0, 0.05) is 75.4 Å². The molecule has 5 heterocycles. The third-order valence-electron chi connectivity index (χ3n) is 21.0. The molecule has 3 aromatic carbocycles. The van der Waals surface area contributed by atoms with Crippen molar-refractivity contribution in [2.75, 3.05) is 52.5 Å². The van der Waals surface area contributed by atoms with Crippen molar-refractivity contribution in [1.82, 2.24) is 51.5 Å². The van der Waals surface area contributed by atoms with Crippen LogP contribution in [0.1, 0.15) is 123 Å². The highest BCUT2D eigenvalue weighted by Crippen LogP contribution is 2.45. The number of amides is 10. The maximum absolute atomic E-state index is 15.4. The molecule has 6 aliphatic rings. The molecule has 10 rings (SSSR count). The van der Waals surface area contributed by atoms with Crippen LogP contribution in [-0.2, 0) is 72.1 Å². The van der Waals surface area contributed by atoms with Crippen LogP contribution in [0.5, 0.6) is 0 Å². The number of carboxylic acid groups (broad SMARTS) is 1. The molecule has 109 heavy (non-hydrogen) atoms. The van der Waals surface area contributed by atoms with E-state index in [1.807, 2.05) is 54.6 Å². The highest BCUT2D eigenvalue weighted by Gasteiger charge is 2.52. The van der Waals surface area contributed by atoms with Crippen molar-refractivity contribution in [2.45, 2.75) is 182 Å². The lowest BCUT2D eigenvalue weighted by Crippen LogP contribution is -2.63. The molecule has 1 saturated carbocycles. The summed E-state index contributed by atoms with van der Waals surface area (Å²) in [5.74, 6) is -9.13. The SMILES string of the molecule is NC(N)=NCCC[C@H](NC(=O)[C@@H]1C[C@@H]2CCCC[C@@H]2N1C(=O)C1Cc2ccccc2CN1C(=O)[C@H](CO)NC(=O)[C@H](Cc1cccs1)NC(=O)CNC(=O)[C@@H]1C[C@@H](O)CN1C(=O)[C@@H]1CCCN1C(=O)[C@H](CCCN=C(N)N)NC(=O)[C@@H](CCCN=C(N)N)NC(=O)OCC1c2ccccc2-c2ccccc21)C(=O)O. The van der Waals surface area contributed by atoms with Gasteiger partial charge in [0.05, 0.1) is 19.3 Å². The minimum absolute atomic E-state index is 0.00212. The zero-order valence-corrected chi connectivity index (χ0v) is 61.4. The summed E-state index contributed by atoms with van der Waals surface area (Å²) >= 11 is 1.26. The fraction of sp³-hybridized carbons (Fsp3) is 0.514. The van der Waals surface area contributed by atoms with Crippen LogP contribution in [0.2, 0.25) is 0 Å². The predicted molar refractivity (Wildman–Crippen MR) is 402 cm³/mol. The second-order valence-corrected chi connectivity index (χ2v) is 29.4. The first-order chi connectivity index (χ1) is 52.4. The Morgan fingerprint density at radius 3 is 1.80 bits per heavy atom. The fourth-order valence-electron chi connectivity index (χ4n) is 15.8. The summed E-state index contributed by atoms with van der Waals surface area (Å²) in [6.45, 7) is -1.92. The molecule has 586 valence electrons. The molecule has 4 aromatic rings. The van der Waals surface area contributed by atoms with Crippen LogP contribution in [0.15, 0.2) is 105 Å². The van der Waals surface area contributed by atoms with Crippen LogP contribution >= 0.6 is 11.3 Å². The number of rotatable bonds is 33. The largest absolute Gasteiger partial charge is 0.480 e. The number of aliphatic imine (C=N–C) groups is 3. The average Bonchev–Trinajstić information content (AvgIpc) is 1.66. The lowest BCUT2D eigenvalue weighted by Gasteiger charge is -2.42. The van der Waals surface area contributed by atoms with E-state index in [0.29, 0.717) is 29.7 Å². The lowest BCUT2D eigenvalue weighted by atomic mass is 9.84. The van der Waals surface area contributed by atoms with Gasteiger partial charge in [-0.15, -0.1) is 11.3 Å². The van der Waals surface area contributed by atoms with E-state index in [1.54, 1.807) is 35.7 Å². The van der Waals surface area contributed by atoms with Crippen molar-refractivity contribution in [3.05, 3.63) is 117 Å². The number of likely N-dealkylation sites (tertiary alicyclic amines) is 3. The smallest absolute Gasteiger partial charge is 0.407 e. The number of nitrogens with two attached hydrogens (primary N) is 6. The number of ether oxygens (including phenoxy) is 1. The van der Waals surface area contributed by atoms with Gasteiger partial charge in [-0.3, -0.25) is 58.1 Å². The molecule has 1 unspecified atom stereocenters. The van der Waals surface area contributed by atoms with Crippen LogP contribution in [0, 0.1) is 5.92 Å². The van der Waals surface area contributed by atoms with Gasteiger partial charge in [0.2, 0.25) is 53.2 Å². The van der Waals surface area contributed by atoms with Crippen LogP contribution in [-0.4, -0.2) is 237 Å². The maximum atomic E-state index is 15.4. The van der Waals surface area contributed by atoms with Crippen molar-refractivity contribution < 1.29 is 72.8 Å². The minimum atomic E-state index is -1.69. The minimum Gasteiger partial charge on any atom is -0.480 e. The van der Waals surface area contributed by atoms with Crippen molar-refractivity contribution in [3.8, 4) is 11.1 Å². The first-order valence-electron chi connectivity index (χ1n) is 37.0. The number of benzene rings is 3. The number of fused-ring (bicyclic) bond motifs is 5. The highest BCUT2D eigenvalue weighted by molar-refractivity contribution is 7.09. The molecular formula is C74H99N19O15S. The van der Waals surface area contributed by atoms with Gasteiger partial charge in [-0.05, 0) is 121 Å². The first-order valence-corrected chi connectivity index (χ1v) is 37.9. The van der Waals surface area contributed by atoms with Crippen molar-refractivity contribution in [3.63, 3.8) is 0 Å². The van der Waals surface area contributed by atoms with Crippen LogP contribution < -0.4 is 66.3 Å². The normalized spacial score (nSPS) is 21.1. The number of aliphatic hydroxyl groups is 2. The van der Waals surface area contributed by atoms with E-state index >= 15 is 9.59 Å². The molecule has 0 radical (unpaired) electrons. The fourth-order valence-corrected chi connectivity index (χ4v) is 16.5. The molecule has 35 heteroatoms. The monoisotopic (exact) mass is 1530 g/mol. The number of thiophene rings is 1. The maximum Gasteiger partial charge on any atom is 0.407 e. The summed E-state index contributed by atoms with van der Waals surface area (Å²) in [5, 5.41) is 49.9. The topological polar surface area (TPSA) is 536 Å². The van der Waals surface area contributed by atoms with Crippen LogP contribution in [0.4, 0.5) is 4.79 Å². The summed E-state index contributed by atoms with van der Waals surface area (Å²) in [7, 11) is 0. The zero-order valence-electron chi connectivity index (χ0n) is 60.6. The number of hydrogen-bond acceptors (Lipinski definition) is 18. The van der Waals surface area contributed by atoms with Gasteiger partial charge in [0.25, 0.3) is 0 Å². The number of carboxylic acids is 1. The van der Waals surface area contributed by atoms with E-state index < -0.39 is 145 Å². The molecule has 3 saturated heterocycles. The Bertz CT molecular complexity index is 4010. The molecule has 4 fully saturated rings. The van der Waals surface area contributed by atoms with E-state index in [2.05, 4.69) is 46.9 Å². The Kier molecular flexibility index (Phi) is 27.9. The van der Waals surface area contributed by atoms with E-state index in [-0.39, 0.29) is 146 Å². The van der Waals surface area contributed by atoms with Crippen LogP contribution in [0.25, 0.3) is 11.1 Å². The standard InChI is InChI=1S/C74H99N19O15S/c75-71(76)81-27-9-22-51(89-74(107)108-40-50-48-20-6-4-18-46(48)47-19-5-7-21-49(47)50)62(97)86-52(23-10-28-82-72(77)78)66(101)90-30-12-26-57(90)68(103)92-38-44(95)34-58(92)64(99)84-36-61(96)85-54(35-45-17-13-31-109-45)63(98)88-55(39-94)67(102)91-37-43-16-2-1-14-41(43)32-60(91)69(104)93-56-25-8-3-15-42(56)33-59(93)65(100)87-53(70(105)106)24-11-29-83-73(79)80/h1-2,4-7,13-14,16-21,31,42,44,50-60,94-95H,3,8-12,15,22-30,32-40H2,(H,84,99)(H,85,96)(H,86,97)(H,87,100)(H,88,98)(H,89,107)(H,105,106)(H4,75,76,81)(H4,77,78,82)(H4,79,80,83)/t42-,44+,51+,52-,53-,54-,55-,56-,57-,58-,59-,60?/m0/s1. The Morgan fingerprint density at radius 2 is 1.17 bits per heavy atom. The van der Waals surface area contributed by atoms with Gasteiger partial charge in [-0.25, -0.2) is 9.59 Å². The molecular weight excluding hydrogens is 1430 g/mol. The van der Waals surface area contributed by atoms with Gasteiger partial charge in [0.1, 0.15) is 61.0 Å². The average molecular weight is 1530 g/mol. The number of nitrogens with one attached hydrogen (secondary N) is 6. The first kappa shape index (κ1) is 80.6. The third kappa shape index (κ3) is 20.5. The Morgan fingerprint density at radius 1 is 0.569 bits per heavy atom. The summed E-state index contributed by atoms with van der Waals surface area (Å²) in [6, 6.07) is 13.8. The summed E-state index contributed by atoms with van der Waals surface area (Å²) in [6.07, 6.45) is 1.64. The number of nitrogens with zero attached hydrogens (tertiary/aromatic N) is 7. The Hall–Kier alpha value is -10.9. The van der Waals surface area contributed by atoms with Crippen molar-refractivity contribution in [2.24, 2.45) is 55.3 Å². The molecule has 0 spiro atoms. The second-order valence-electron chi connectivity index (χ2n) is 28.3. The molecule has 34 nitrogen and oxygen atoms in total. The number of alkyl carbamates (subject to hydrolysis) is 1. The number of guanidine groups is 3. The third-order valence-corrected chi connectivity index (χ3v) is 21.9. The van der Waals surface area contributed by atoms with E-state index in [9.17, 15) is 58.5 Å². The van der Waals surface area contributed by atoms with E-state index in [0.717, 1.165) is 45.6 Å². The number of hydrogen-bond donors (Lipinski definition) is 15. The number of carbonyl (C=O) groups is 11. The summed E-state index contributed by atoms with van der Waals surface area (Å²) < 4.78 is 5.81. The summed E-state index contributed by atoms with van der Waals surface area (Å²) in [5.41, 5.74) is 38.7. The lowest BCUT2D eigenvalue weighted by molar-refractivity contribution is -0.153. The number of carbonyl (C=O) groups excluding carboxylic acids is 10. The Labute approximate surface area is 634 Å².